The number of benzene rings is 3. The average molecular weight is 574 g/mol. The maximum Gasteiger partial charge on any atom is 0.261 e. The molecule has 4 rings (SSSR count). The second-order valence-corrected chi connectivity index (χ2v) is 16.7. The van der Waals surface area contributed by atoms with Gasteiger partial charge >= 0.3 is 0 Å². The molecule has 3 aromatic carbocycles. The van der Waals surface area contributed by atoms with E-state index >= 15 is 0 Å². The summed E-state index contributed by atoms with van der Waals surface area (Å²) in [6.45, 7) is 13.9. The lowest BCUT2D eigenvalue weighted by molar-refractivity contribution is 0.246. The van der Waals surface area contributed by atoms with Gasteiger partial charge in [0, 0.05) is 41.3 Å². The first-order valence-corrected chi connectivity index (χ1v) is 15.7. The number of allylic oxidation sites excluding steroid dienone is 1. The highest BCUT2D eigenvalue weighted by Crippen LogP contribution is 2.43. The van der Waals surface area contributed by atoms with Gasteiger partial charge in [-0.3, -0.25) is 0 Å². The summed E-state index contributed by atoms with van der Waals surface area (Å²) in [6.07, 6.45) is 3.66. The molecule has 2 atom stereocenters. The van der Waals surface area contributed by atoms with Crippen LogP contribution >= 0.6 is 15.9 Å². The lowest BCUT2D eigenvalue weighted by Gasteiger charge is -2.43. The van der Waals surface area contributed by atoms with Crippen LogP contribution in [-0.4, -0.2) is 28.0 Å². The number of anilines is 1. The van der Waals surface area contributed by atoms with Gasteiger partial charge in [-0.1, -0.05) is 123 Å². The fourth-order valence-electron chi connectivity index (χ4n) is 5.80. The number of fused-ring (bicyclic) bond motifs is 1. The van der Waals surface area contributed by atoms with E-state index in [1.54, 1.807) is 6.08 Å². The second-order valence-electron chi connectivity index (χ2n) is 11.5. The van der Waals surface area contributed by atoms with Crippen molar-refractivity contribution in [1.29, 1.82) is 5.26 Å². The Balaban J connectivity index is 1.62. The Bertz CT molecular complexity index is 1240. The van der Waals surface area contributed by atoms with Crippen molar-refractivity contribution in [3.63, 3.8) is 0 Å². The molecule has 0 fully saturated rings. The fourth-order valence-corrected chi connectivity index (χ4v) is 10.8. The molecule has 0 saturated heterocycles. The van der Waals surface area contributed by atoms with Crippen LogP contribution in [0.25, 0.3) is 0 Å². The first-order chi connectivity index (χ1) is 17.6. The van der Waals surface area contributed by atoms with Crippen molar-refractivity contribution >= 4 is 40.3 Å². The number of nitrogens with zero attached hydrogens (tertiary/aromatic N) is 2. The van der Waals surface area contributed by atoms with Gasteiger partial charge in [-0.2, -0.15) is 5.26 Å². The molecule has 1 unspecified atom stereocenters. The molecule has 192 valence electrons. The van der Waals surface area contributed by atoms with Crippen molar-refractivity contribution in [2.45, 2.75) is 45.1 Å². The van der Waals surface area contributed by atoms with Gasteiger partial charge in [0.2, 0.25) is 0 Å². The van der Waals surface area contributed by atoms with Crippen LogP contribution in [0.2, 0.25) is 5.04 Å². The highest BCUT2D eigenvalue weighted by atomic mass is 79.9. The fraction of sp³-hybridized carbons (Fsp3) is 0.344. The van der Waals surface area contributed by atoms with Gasteiger partial charge in [0.1, 0.15) is 0 Å². The van der Waals surface area contributed by atoms with Gasteiger partial charge in [0.15, 0.2) is 0 Å². The number of rotatable bonds is 8. The molecular weight excluding hydrogens is 536 g/mol. The zero-order valence-corrected chi connectivity index (χ0v) is 25.1. The Morgan fingerprint density at radius 3 is 2.19 bits per heavy atom. The maximum absolute atomic E-state index is 9.17. The number of hydrogen-bond donors (Lipinski definition) is 0. The minimum Gasteiger partial charge on any atom is -0.407 e. The Labute approximate surface area is 232 Å². The van der Waals surface area contributed by atoms with Gasteiger partial charge in [-0.25, -0.2) is 0 Å². The molecule has 1 aliphatic rings. The Hall–Kier alpha value is -2.65. The van der Waals surface area contributed by atoms with Crippen molar-refractivity contribution < 1.29 is 4.43 Å². The predicted octanol–water partition coefficient (Wildman–Crippen LogP) is 6.82. The summed E-state index contributed by atoms with van der Waals surface area (Å²) >= 11 is 3.66. The number of hydrogen-bond acceptors (Lipinski definition) is 3. The molecule has 0 bridgehead atoms. The van der Waals surface area contributed by atoms with Crippen LogP contribution < -0.4 is 15.3 Å². The lowest BCUT2D eigenvalue weighted by Crippen LogP contribution is -2.67. The van der Waals surface area contributed by atoms with Gasteiger partial charge < -0.3 is 9.33 Å². The summed E-state index contributed by atoms with van der Waals surface area (Å²) in [4.78, 5) is 2.46. The van der Waals surface area contributed by atoms with E-state index in [2.05, 4.69) is 140 Å². The topological polar surface area (TPSA) is 36.3 Å². The van der Waals surface area contributed by atoms with Gasteiger partial charge in [0.05, 0.1) is 6.07 Å². The summed E-state index contributed by atoms with van der Waals surface area (Å²) in [6, 6.07) is 30.3. The van der Waals surface area contributed by atoms with E-state index in [1.807, 2.05) is 6.08 Å². The molecule has 1 heterocycles. The third kappa shape index (κ3) is 5.48. The van der Waals surface area contributed by atoms with Crippen LogP contribution in [-0.2, 0) is 9.84 Å². The van der Waals surface area contributed by atoms with Crippen molar-refractivity contribution in [1.82, 2.24) is 0 Å². The van der Waals surface area contributed by atoms with Crippen LogP contribution in [0.3, 0.4) is 0 Å². The zero-order valence-electron chi connectivity index (χ0n) is 22.5. The quantitative estimate of drug-likeness (QED) is 0.219. The highest BCUT2D eigenvalue weighted by Gasteiger charge is 2.50. The molecule has 0 saturated carbocycles. The SMILES string of the molecule is CC(CO[Si](c1ccccc1)(c1ccccc1)C(C)(C)C)CN1C[C@](C)(/C=C/C#N)c2ccc(Br)cc21. The summed E-state index contributed by atoms with van der Waals surface area (Å²) in [7, 11) is -2.57. The molecule has 0 radical (unpaired) electrons. The first kappa shape index (κ1) is 27.4. The summed E-state index contributed by atoms with van der Waals surface area (Å²) in [5.41, 5.74) is 2.31. The monoisotopic (exact) mass is 572 g/mol. The first-order valence-electron chi connectivity index (χ1n) is 13.0. The van der Waals surface area contributed by atoms with E-state index in [1.165, 1.54) is 21.6 Å². The van der Waals surface area contributed by atoms with E-state index in [0.717, 1.165) is 17.6 Å². The van der Waals surface area contributed by atoms with Crippen LogP contribution in [0.5, 0.6) is 0 Å². The van der Waals surface area contributed by atoms with E-state index in [0.29, 0.717) is 12.5 Å². The van der Waals surface area contributed by atoms with Crippen molar-refractivity contribution in [3.05, 3.63) is 101 Å². The smallest absolute Gasteiger partial charge is 0.261 e. The molecule has 3 nitrogen and oxygen atoms in total. The minimum atomic E-state index is -2.57. The summed E-state index contributed by atoms with van der Waals surface area (Å²) in [5.74, 6) is 0.316. The molecule has 0 spiro atoms. The Morgan fingerprint density at radius 2 is 1.65 bits per heavy atom. The Kier molecular flexibility index (Phi) is 8.13. The van der Waals surface area contributed by atoms with Gasteiger partial charge in [-0.05, 0) is 39.0 Å². The van der Waals surface area contributed by atoms with Crippen LogP contribution in [0.1, 0.15) is 40.2 Å². The largest absolute Gasteiger partial charge is 0.407 e. The lowest BCUT2D eigenvalue weighted by atomic mass is 9.84. The zero-order chi connectivity index (χ0) is 26.7. The van der Waals surface area contributed by atoms with Crippen LogP contribution in [0, 0.1) is 17.2 Å². The third-order valence-electron chi connectivity index (χ3n) is 7.49. The van der Waals surface area contributed by atoms with Crippen molar-refractivity contribution in [3.8, 4) is 6.07 Å². The maximum atomic E-state index is 9.17. The van der Waals surface area contributed by atoms with E-state index < -0.39 is 8.32 Å². The standard InChI is InChI=1S/C32H37BrN2OSi/c1-25(22-35-24-32(5,19-12-20-34)29-18-17-26(33)21-30(29)35)23-36-37(31(2,3)4,27-13-8-6-9-14-27)28-15-10-7-11-16-28/h6-19,21,25H,22-24H2,1-5H3/b19-12+/t25?,32-/m0/s1. The number of halogens is 1. The third-order valence-corrected chi connectivity index (χ3v) is 13.0. The molecule has 0 N–H and O–H groups in total. The van der Waals surface area contributed by atoms with E-state index in [-0.39, 0.29) is 10.5 Å². The normalized spacial score (nSPS) is 18.6. The summed E-state index contributed by atoms with van der Waals surface area (Å²) in [5, 5.41) is 11.8. The minimum absolute atomic E-state index is 0.0405. The van der Waals surface area contributed by atoms with Crippen LogP contribution in [0.4, 0.5) is 5.69 Å². The Morgan fingerprint density at radius 1 is 1.05 bits per heavy atom. The van der Waals surface area contributed by atoms with Crippen molar-refractivity contribution in [2.24, 2.45) is 5.92 Å². The molecule has 0 aromatic heterocycles. The van der Waals surface area contributed by atoms with Crippen LogP contribution in [0.15, 0.2) is 95.5 Å². The highest BCUT2D eigenvalue weighted by molar-refractivity contribution is 9.10. The second kappa shape index (κ2) is 11.0. The summed E-state index contributed by atoms with van der Waals surface area (Å²) < 4.78 is 8.28. The van der Waals surface area contributed by atoms with Crippen molar-refractivity contribution in [2.75, 3.05) is 24.6 Å². The molecule has 0 amide bonds. The molecule has 5 heteroatoms. The van der Waals surface area contributed by atoms with E-state index in [4.69, 9.17) is 4.43 Å². The molecular formula is C32H37BrN2OSi. The van der Waals surface area contributed by atoms with Gasteiger partial charge in [-0.15, -0.1) is 0 Å². The molecule has 0 aliphatic carbocycles. The van der Waals surface area contributed by atoms with Gasteiger partial charge in [0.25, 0.3) is 8.32 Å². The number of nitriles is 1. The molecule has 3 aromatic rings. The molecule has 1 aliphatic heterocycles. The predicted molar refractivity (Wildman–Crippen MR) is 161 cm³/mol. The van der Waals surface area contributed by atoms with E-state index in [9.17, 15) is 5.26 Å². The molecule has 37 heavy (non-hydrogen) atoms. The average Bonchev–Trinajstić information content (AvgIpc) is 3.14.